The Morgan fingerprint density at radius 3 is 2.66 bits per heavy atom. The number of likely N-dealkylation sites (tertiary alicyclic amines) is 1. The molecular formula is C22H28N2O5. The average Bonchev–Trinajstić information content (AvgIpc) is 2.88. The summed E-state index contributed by atoms with van der Waals surface area (Å²) in [6, 6.07) is 5.28. The Morgan fingerprint density at radius 1 is 1.17 bits per heavy atom. The Balaban J connectivity index is 1.33. The lowest BCUT2D eigenvalue weighted by Crippen LogP contribution is -2.59. The van der Waals surface area contributed by atoms with Gasteiger partial charge in [-0.25, -0.2) is 0 Å². The molecule has 1 saturated heterocycles. The number of carbonyl (C=O) groups is 3. The van der Waals surface area contributed by atoms with Gasteiger partial charge < -0.3 is 14.8 Å². The zero-order chi connectivity index (χ0) is 20.8. The molecule has 0 spiro atoms. The number of fused-ring (bicyclic) bond motifs is 3. The van der Waals surface area contributed by atoms with E-state index in [9.17, 15) is 14.4 Å². The molecule has 0 aromatic heterocycles. The van der Waals surface area contributed by atoms with Crippen LogP contribution in [0.5, 0.6) is 11.5 Å². The molecule has 2 fully saturated rings. The highest BCUT2D eigenvalue weighted by Gasteiger charge is 2.64. The number of imide groups is 1. The molecule has 2 aliphatic heterocycles. The second kappa shape index (κ2) is 7.04. The van der Waals surface area contributed by atoms with Crippen LogP contribution in [0.3, 0.4) is 0 Å². The van der Waals surface area contributed by atoms with E-state index in [0.29, 0.717) is 36.8 Å². The molecule has 2 bridgehead atoms. The van der Waals surface area contributed by atoms with Crippen LogP contribution in [-0.4, -0.2) is 42.4 Å². The molecule has 1 N–H and O–H groups in total. The van der Waals surface area contributed by atoms with Gasteiger partial charge in [-0.15, -0.1) is 0 Å². The van der Waals surface area contributed by atoms with E-state index in [1.54, 1.807) is 18.2 Å². The smallest absolute Gasteiger partial charge is 0.235 e. The molecule has 1 saturated carbocycles. The Labute approximate surface area is 170 Å². The first-order chi connectivity index (χ1) is 13.7. The first kappa shape index (κ1) is 19.7. The van der Waals surface area contributed by atoms with Crippen molar-refractivity contribution in [1.82, 2.24) is 4.90 Å². The summed E-state index contributed by atoms with van der Waals surface area (Å²) in [7, 11) is 0. The van der Waals surface area contributed by atoms with Crippen molar-refractivity contribution in [1.29, 1.82) is 0 Å². The molecule has 1 aromatic carbocycles. The first-order valence-electron chi connectivity index (χ1n) is 10.3. The van der Waals surface area contributed by atoms with Gasteiger partial charge in [-0.05, 0) is 36.8 Å². The highest BCUT2D eigenvalue weighted by molar-refractivity contribution is 6.03. The molecule has 2 unspecified atom stereocenters. The van der Waals surface area contributed by atoms with Crippen molar-refractivity contribution < 1.29 is 23.9 Å². The van der Waals surface area contributed by atoms with Crippen molar-refractivity contribution in [2.24, 2.45) is 16.7 Å². The second-order valence-corrected chi connectivity index (χ2v) is 8.95. The van der Waals surface area contributed by atoms with E-state index < -0.39 is 5.41 Å². The number of benzene rings is 1. The molecule has 4 rings (SSSR count). The van der Waals surface area contributed by atoms with Gasteiger partial charge in [0.15, 0.2) is 11.5 Å². The van der Waals surface area contributed by atoms with Crippen molar-refractivity contribution in [3.05, 3.63) is 18.2 Å². The molecule has 3 amide bonds. The van der Waals surface area contributed by atoms with Crippen LogP contribution in [0, 0.1) is 16.7 Å². The molecule has 2 heterocycles. The number of hydrogen-bond donors (Lipinski definition) is 1. The Kier molecular flexibility index (Phi) is 4.79. The largest absolute Gasteiger partial charge is 0.486 e. The number of nitrogens with one attached hydrogen (secondary N) is 1. The van der Waals surface area contributed by atoms with Gasteiger partial charge in [0.25, 0.3) is 0 Å². The quantitative estimate of drug-likeness (QED) is 0.768. The van der Waals surface area contributed by atoms with Crippen molar-refractivity contribution in [2.45, 2.75) is 46.5 Å². The molecular weight excluding hydrogens is 372 g/mol. The second-order valence-electron chi connectivity index (χ2n) is 8.95. The number of hydrogen-bond acceptors (Lipinski definition) is 5. The van der Waals surface area contributed by atoms with Crippen molar-refractivity contribution in [3.63, 3.8) is 0 Å². The molecule has 7 heteroatoms. The summed E-state index contributed by atoms with van der Waals surface area (Å²) in [6.07, 6.45) is 2.18. The summed E-state index contributed by atoms with van der Waals surface area (Å²) in [4.78, 5) is 39.6. The van der Waals surface area contributed by atoms with Crippen LogP contribution in [0.1, 0.15) is 46.5 Å². The zero-order valence-electron chi connectivity index (χ0n) is 17.2. The van der Waals surface area contributed by atoms with Crippen LogP contribution >= 0.6 is 0 Å². The van der Waals surface area contributed by atoms with Crippen LogP contribution in [0.2, 0.25) is 0 Å². The zero-order valence-corrected chi connectivity index (χ0v) is 17.2. The van der Waals surface area contributed by atoms with Crippen LogP contribution in [0.4, 0.5) is 5.69 Å². The topological polar surface area (TPSA) is 84.9 Å². The number of ether oxygens (including phenoxy) is 2. The summed E-state index contributed by atoms with van der Waals surface area (Å²) >= 11 is 0. The van der Waals surface area contributed by atoms with E-state index in [1.165, 1.54) is 4.90 Å². The van der Waals surface area contributed by atoms with Crippen LogP contribution in [-0.2, 0) is 14.4 Å². The van der Waals surface area contributed by atoms with Gasteiger partial charge >= 0.3 is 0 Å². The summed E-state index contributed by atoms with van der Waals surface area (Å²) in [6.45, 7) is 7.32. The number of rotatable bonds is 5. The molecule has 156 valence electrons. The van der Waals surface area contributed by atoms with Gasteiger partial charge in [0, 0.05) is 30.6 Å². The van der Waals surface area contributed by atoms with Crippen molar-refractivity contribution >= 4 is 23.4 Å². The van der Waals surface area contributed by atoms with Gasteiger partial charge in [0.05, 0.1) is 5.41 Å². The van der Waals surface area contributed by atoms with Crippen LogP contribution in [0.25, 0.3) is 0 Å². The predicted octanol–water partition coefficient (Wildman–Crippen LogP) is 2.99. The Morgan fingerprint density at radius 2 is 1.90 bits per heavy atom. The van der Waals surface area contributed by atoms with Crippen LogP contribution < -0.4 is 14.8 Å². The maximum Gasteiger partial charge on any atom is 0.235 e. The third kappa shape index (κ3) is 3.16. The minimum absolute atomic E-state index is 0.0813. The summed E-state index contributed by atoms with van der Waals surface area (Å²) < 4.78 is 11.0. The highest BCUT2D eigenvalue weighted by Crippen LogP contribution is 2.60. The van der Waals surface area contributed by atoms with E-state index in [-0.39, 0.29) is 42.0 Å². The maximum atomic E-state index is 13.0. The molecule has 1 aliphatic carbocycles. The molecule has 3 aliphatic rings. The summed E-state index contributed by atoms with van der Waals surface area (Å²) in [5.41, 5.74) is -0.177. The van der Waals surface area contributed by atoms with Gasteiger partial charge in [0.1, 0.15) is 13.2 Å². The number of anilines is 1. The first-order valence-corrected chi connectivity index (χ1v) is 10.3. The molecule has 0 radical (unpaired) electrons. The SMILES string of the molecule is CC12CCC(C(=O)N(CCCC(=O)Nc3ccc4c(c3)OCCO4)C1=O)C2(C)C. The lowest BCUT2D eigenvalue weighted by atomic mass is 9.62. The van der Waals surface area contributed by atoms with Crippen molar-refractivity contribution in [3.8, 4) is 11.5 Å². The lowest BCUT2D eigenvalue weighted by Gasteiger charge is -2.47. The molecule has 2 atom stereocenters. The highest BCUT2D eigenvalue weighted by atomic mass is 16.6. The Bertz CT molecular complexity index is 865. The Hall–Kier alpha value is -2.57. The van der Waals surface area contributed by atoms with Gasteiger partial charge in [0.2, 0.25) is 17.7 Å². The normalized spacial score (nSPS) is 27.1. The minimum Gasteiger partial charge on any atom is -0.486 e. The fraction of sp³-hybridized carbons (Fsp3) is 0.591. The minimum atomic E-state index is -0.501. The third-order valence-corrected chi connectivity index (χ3v) is 7.12. The van der Waals surface area contributed by atoms with E-state index in [4.69, 9.17) is 9.47 Å². The lowest BCUT2D eigenvalue weighted by molar-refractivity contribution is -0.168. The number of carbonyl (C=O) groups excluding carboxylic acids is 3. The fourth-order valence-electron chi connectivity index (χ4n) is 4.86. The monoisotopic (exact) mass is 400 g/mol. The molecule has 29 heavy (non-hydrogen) atoms. The van der Waals surface area contributed by atoms with Gasteiger partial charge in [-0.3, -0.25) is 19.3 Å². The average molecular weight is 400 g/mol. The van der Waals surface area contributed by atoms with E-state index >= 15 is 0 Å². The van der Waals surface area contributed by atoms with Crippen molar-refractivity contribution in [2.75, 3.05) is 25.1 Å². The van der Waals surface area contributed by atoms with E-state index in [1.807, 2.05) is 20.8 Å². The van der Waals surface area contributed by atoms with E-state index in [0.717, 1.165) is 12.8 Å². The standard InChI is InChI=1S/C22H28N2O5/c1-21(2)15-8-9-22(21,3)20(27)24(19(15)26)10-4-5-18(25)23-14-6-7-16-17(13-14)29-12-11-28-16/h6-7,13,15H,4-5,8-12H2,1-3H3,(H,23,25). The number of amides is 3. The summed E-state index contributed by atoms with van der Waals surface area (Å²) in [5.74, 6) is 0.841. The van der Waals surface area contributed by atoms with E-state index in [2.05, 4.69) is 5.32 Å². The number of nitrogens with zero attached hydrogens (tertiary/aromatic N) is 1. The van der Waals surface area contributed by atoms with Gasteiger partial charge in [-0.1, -0.05) is 20.8 Å². The predicted molar refractivity (Wildman–Crippen MR) is 107 cm³/mol. The van der Waals surface area contributed by atoms with Crippen LogP contribution in [0.15, 0.2) is 18.2 Å². The molecule has 1 aromatic rings. The summed E-state index contributed by atoms with van der Waals surface area (Å²) in [5, 5.41) is 2.84. The third-order valence-electron chi connectivity index (χ3n) is 7.12. The molecule has 7 nitrogen and oxygen atoms in total. The van der Waals surface area contributed by atoms with Gasteiger partial charge in [-0.2, -0.15) is 0 Å². The fourth-order valence-corrected chi connectivity index (χ4v) is 4.86. The number of piperidine rings is 1. The maximum absolute atomic E-state index is 13.0.